The first kappa shape index (κ1) is 13.2. The average molecular weight is 337 g/mol. The van der Waals surface area contributed by atoms with Gasteiger partial charge in [-0.2, -0.15) is 0 Å². The van der Waals surface area contributed by atoms with E-state index in [1.54, 1.807) is 11.0 Å². The Kier molecular flexibility index (Phi) is 3.25. The monoisotopic (exact) mass is 336 g/mol. The molecule has 1 aliphatic heterocycles. The molecular weight excluding hydrogens is 324 g/mol. The maximum absolute atomic E-state index is 12.4. The van der Waals surface area contributed by atoms with Crippen LogP contribution in [0.3, 0.4) is 0 Å². The maximum atomic E-state index is 12.4. The summed E-state index contributed by atoms with van der Waals surface area (Å²) in [4.78, 5) is 25.1. The van der Waals surface area contributed by atoms with Crippen molar-refractivity contribution in [1.82, 2.24) is 4.90 Å². The number of fused-ring (bicyclic) bond motifs is 1. The van der Waals surface area contributed by atoms with Gasteiger partial charge in [0.25, 0.3) is 5.91 Å². The lowest BCUT2D eigenvalue weighted by Gasteiger charge is -2.13. The molecule has 1 fully saturated rings. The van der Waals surface area contributed by atoms with Gasteiger partial charge in [-0.1, -0.05) is 12.1 Å². The van der Waals surface area contributed by atoms with Crippen molar-refractivity contribution in [3.63, 3.8) is 0 Å². The Morgan fingerprint density at radius 2 is 2.20 bits per heavy atom. The predicted octanol–water partition coefficient (Wildman–Crippen LogP) is 2.14. The molecule has 0 spiro atoms. The smallest absolute Gasteiger partial charge is 0.289 e. The number of hydrogen-bond acceptors (Lipinski definition) is 3. The number of likely N-dealkylation sites (tertiary alicyclic amines) is 1. The standard InChI is InChI=1S/C14H13BrN2O3/c15-10-3-1-2-8-6-11(20-12(8)10)14(19)17-5-4-9(7-17)13(16)18/h1-3,6,9H,4-5,7H2,(H2,16,18)/t9-/m1/s1. The summed E-state index contributed by atoms with van der Waals surface area (Å²) in [6, 6.07) is 7.35. The van der Waals surface area contributed by atoms with Gasteiger partial charge in [0.15, 0.2) is 5.76 Å². The Bertz CT molecular complexity index is 695. The molecule has 5 nitrogen and oxygen atoms in total. The molecule has 1 aliphatic rings. The second-order valence-electron chi connectivity index (χ2n) is 4.91. The molecule has 0 unspecified atom stereocenters. The van der Waals surface area contributed by atoms with E-state index in [4.69, 9.17) is 10.2 Å². The molecule has 0 aliphatic carbocycles. The molecule has 20 heavy (non-hydrogen) atoms. The molecule has 1 aromatic carbocycles. The van der Waals surface area contributed by atoms with Crippen LogP contribution < -0.4 is 5.73 Å². The van der Waals surface area contributed by atoms with Crippen molar-refractivity contribution >= 4 is 38.7 Å². The largest absolute Gasteiger partial charge is 0.450 e. The minimum Gasteiger partial charge on any atom is -0.450 e. The lowest BCUT2D eigenvalue weighted by atomic mass is 10.1. The second kappa shape index (κ2) is 4.94. The number of primary amides is 1. The molecule has 6 heteroatoms. The second-order valence-corrected chi connectivity index (χ2v) is 5.76. The Labute approximate surface area is 123 Å². The molecule has 104 valence electrons. The Balaban J connectivity index is 1.86. The van der Waals surface area contributed by atoms with Crippen LogP contribution in [0.15, 0.2) is 33.2 Å². The van der Waals surface area contributed by atoms with Crippen molar-refractivity contribution in [1.29, 1.82) is 0 Å². The molecule has 0 bridgehead atoms. The summed E-state index contributed by atoms with van der Waals surface area (Å²) in [5.74, 6) is -0.517. The summed E-state index contributed by atoms with van der Waals surface area (Å²) >= 11 is 3.39. The van der Waals surface area contributed by atoms with E-state index in [2.05, 4.69) is 15.9 Å². The molecule has 0 saturated carbocycles. The molecule has 2 aromatic rings. The Hall–Kier alpha value is -1.82. The van der Waals surface area contributed by atoms with Crippen LogP contribution >= 0.6 is 15.9 Å². The summed E-state index contributed by atoms with van der Waals surface area (Å²) < 4.78 is 6.43. The fourth-order valence-corrected chi connectivity index (χ4v) is 2.93. The third-order valence-electron chi connectivity index (χ3n) is 3.58. The molecule has 2 amide bonds. The predicted molar refractivity (Wildman–Crippen MR) is 77.1 cm³/mol. The molecule has 1 aromatic heterocycles. The highest BCUT2D eigenvalue weighted by Crippen LogP contribution is 2.28. The van der Waals surface area contributed by atoms with Crippen LogP contribution in [0, 0.1) is 5.92 Å². The van der Waals surface area contributed by atoms with Gasteiger partial charge in [0.05, 0.1) is 10.4 Å². The zero-order chi connectivity index (χ0) is 14.3. The van der Waals surface area contributed by atoms with E-state index in [0.717, 1.165) is 9.86 Å². The lowest BCUT2D eigenvalue weighted by molar-refractivity contribution is -0.121. The third-order valence-corrected chi connectivity index (χ3v) is 4.21. The van der Waals surface area contributed by atoms with E-state index >= 15 is 0 Å². The SMILES string of the molecule is NC(=O)[C@@H]1CCN(C(=O)c2cc3cccc(Br)c3o2)C1. The average Bonchev–Trinajstić information content (AvgIpc) is 3.05. The number of para-hydroxylation sites is 1. The molecule has 1 atom stereocenters. The number of carbonyl (C=O) groups is 2. The molecule has 2 heterocycles. The van der Waals surface area contributed by atoms with Crippen molar-refractivity contribution in [2.75, 3.05) is 13.1 Å². The zero-order valence-electron chi connectivity index (χ0n) is 10.6. The number of amides is 2. The van der Waals surface area contributed by atoms with E-state index in [1.165, 1.54) is 0 Å². The van der Waals surface area contributed by atoms with Gasteiger partial charge in [-0.3, -0.25) is 9.59 Å². The molecular formula is C14H13BrN2O3. The molecule has 3 rings (SSSR count). The first-order chi connectivity index (χ1) is 9.56. The molecule has 0 radical (unpaired) electrons. The van der Waals surface area contributed by atoms with Crippen molar-refractivity contribution in [2.24, 2.45) is 11.7 Å². The van der Waals surface area contributed by atoms with Gasteiger partial charge in [-0.25, -0.2) is 0 Å². The quantitative estimate of drug-likeness (QED) is 0.912. The molecule has 1 saturated heterocycles. The summed E-state index contributed by atoms with van der Waals surface area (Å²) in [6.07, 6.45) is 0.616. The Morgan fingerprint density at radius 1 is 1.40 bits per heavy atom. The first-order valence-electron chi connectivity index (χ1n) is 6.33. The van der Waals surface area contributed by atoms with Gasteiger partial charge >= 0.3 is 0 Å². The summed E-state index contributed by atoms with van der Waals surface area (Å²) in [7, 11) is 0. The summed E-state index contributed by atoms with van der Waals surface area (Å²) in [5.41, 5.74) is 5.93. The van der Waals surface area contributed by atoms with Crippen molar-refractivity contribution < 1.29 is 14.0 Å². The van der Waals surface area contributed by atoms with Gasteiger partial charge in [0.2, 0.25) is 5.91 Å². The maximum Gasteiger partial charge on any atom is 0.289 e. The summed E-state index contributed by atoms with van der Waals surface area (Å²) in [5, 5.41) is 0.869. The topological polar surface area (TPSA) is 76.5 Å². The van der Waals surface area contributed by atoms with Crippen molar-refractivity contribution in [3.8, 4) is 0 Å². The number of halogens is 1. The van der Waals surface area contributed by atoms with Crippen LogP contribution in [-0.4, -0.2) is 29.8 Å². The fourth-order valence-electron chi connectivity index (χ4n) is 2.47. The van der Waals surface area contributed by atoms with Crippen LogP contribution in [0.5, 0.6) is 0 Å². The molecule has 2 N–H and O–H groups in total. The van der Waals surface area contributed by atoms with Crippen LogP contribution in [0.25, 0.3) is 11.0 Å². The van der Waals surface area contributed by atoms with Crippen LogP contribution in [-0.2, 0) is 4.79 Å². The van der Waals surface area contributed by atoms with E-state index < -0.39 is 0 Å². The van der Waals surface area contributed by atoms with E-state index in [-0.39, 0.29) is 23.5 Å². The number of nitrogens with zero attached hydrogens (tertiary/aromatic N) is 1. The Morgan fingerprint density at radius 3 is 2.85 bits per heavy atom. The van der Waals surface area contributed by atoms with Gasteiger partial charge < -0.3 is 15.1 Å². The third kappa shape index (κ3) is 2.20. The van der Waals surface area contributed by atoms with Crippen LogP contribution in [0.1, 0.15) is 17.0 Å². The highest BCUT2D eigenvalue weighted by molar-refractivity contribution is 9.10. The van der Waals surface area contributed by atoms with E-state index in [1.807, 2.05) is 18.2 Å². The first-order valence-corrected chi connectivity index (χ1v) is 7.12. The van der Waals surface area contributed by atoms with Crippen LogP contribution in [0.2, 0.25) is 0 Å². The van der Waals surface area contributed by atoms with E-state index in [9.17, 15) is 9.59 Å². The summed E-state index contributed by atoms with van der Waals surface area (Å²) in [6.45, 7) is 0.900. The number of hydrogen-bond donors (Lipinski definition) is 1. The fraction of sp³-hybridized carbons (Fsp3) is 0.286. The lowest BCUT2D eigenvalue weighted by Crippen LogP contribution is -2.31. The minimum absolute atomic E-state index is 0.197. The normalized spacial score (nSPS) is 18.6. The van der Waals surface area contributed by atoms with Crippen molar-refractivity contribution in [2.45, 2.75) is 6.42 Å². The van der Waals surface area contributed by atoms with Gasteiger partial charge in [-0.05, 0) is 34.5 Å². The number of rotatable bonds is 2. The number of furan rings is 1. The van der Waals surface area contributed by atoms with Gasteiger partial charge in [0, 0.05) is 18.5 Å². The number of nitrogens with two attached hydrogens (primary N) is 1. The van der Waals surface area contributed by atoms with Gasteiger partial charge in [0.1, 0.15) is 5.58 Å². The van der Waals surface area contributed by atoms with Gasteiger partial charge in [-0.15, -0.1) is 0 Å². The zero-order valence-corrected chi connectivity index (χ0v) is 12.2. The number of benzene rings is 1. The van der Waals surface area contributed by atoms with Crippen molar-refractivity contribution in [3.05, 3.63) is 34.5 Å². The number of carbonyl (C=O) groups excluding carboxylic acids is 2. The highest BCUT2D eigenvalue weighted by Gasteiger charge is 2.31. The van der Waals surface area contributed by atoms with E-state index in [0.29, 0.717) is 25.1 Å². The highest BCUT2D eigenvalue weighted by atomic mass is 79.9. The van der Waals surface area contributed by atoms with Crippen LogP contribution in [0.4, 0.5) is 0 Å². The minimum atomic E-state index is -0.354.